The Morgan fingerprint density at radius 2 is 1.46 bits per heavy atom. The molecule has 5 rings (SSSR count). The van der Waals surface area contributed by atoms with Crippen LogP contribution in [0.15, 0.2) is 79.3 Å². The molecule has 0 bridgehead atoms. The van der Waals surface area contributed by atoms with Gasteiger partial charge in [0.05, 0.1) is 24.2 Å². The first-order valence-electron chi connectivity index (χ1n) is 24.0. The van der Waals surface area contributed by atoms with Gasteiger partial charge in [-0.3, -0.25) is 43.3 Å². The quantitative estimate of drug-likeness (QED) is 0.0745. The molecule has 2 heterocycles. The van der Waals surface area contributed by atoms with E-state index in [0.29, 0.717) is 17.7 Å². The van der Waals surface area contributed by atoms with E-state index in [4.69, 9.17) is 0 Å². The Morgan fingerprint density at radius 3 is 2.07 bits per heavy atom. The van der Waals surface area contributed by atoms with Gasteiger partial charge >= 0.3 is 6.03 Å². The normalized spacial score (nSPS) is 18.0. The number of benzene rings is 2. The highest BCUT2D eigenvalue weighted by atomic mass is 16.2. The van der Waals surface area contributed by atoms with E-state index in [1.807, 2.05) is 27.7 Å². The summed E-state index contributed by atoms with van der Waals surface area (Å²) in [6, 6.07) is 14.3. The monoisotopic (exact) mass is 934 g/mol. The molecule has 0 unspecified atom stereocenters. The molecule has 2 aliphatic rings. The van der Waals surface area contributed by atoms with Crippen molar-refractivity contribution in [1.82, 2.24) is 30.8 Å². The molecule has 2 aromatic carbocycles. The number of hydrogen-bond donors (Lipinski definition) is 4. The maximum atomic E-state index is 14.6. The number of hydrogen-bond acceptors (Lipinski definition) is 11. The minimum Gasteiger partial charge on any atom is -0.351 e. The van der Waals surface area contributed by atoms with Gasteiger partial charge in [0, 0.05) is 75.1 Å². The highest BCUT2D eigenvalue weighted by Crippen LogP contribution is 2.34. The van der Waals surface area contributed by atoms with Gasteiger partial charge in [0.2, 0.25) is 17.6 Å². The molecule has 0 spiro atoms. The lowest BCUT2D eigenvalue weighted by molar-refractivity contribution is -0.141. The van der Waals surface area contributed by atoms with Crippen molar-refractivity contribution in [3.63, 3.8) is 0 Å². The van der Waals surface area contributed by atoms with E-state index in [1.54, 1.807) is 67.6 Å². The number of anilines is 1. The third-order valence-corrected chi connectivity index (χ3v) is 13.1. The first kappa shape index (κ1) is 52.5. The van der Waals surface area contributed by atoms with Crippen molar-refractivity contribution >= 4 is 58.4 Å². The predicted molar refractivity (Wildman–Crippen MR) is 255 cm³/mol. The summed E-state index contributed by atoms with van der Waals surface area (Å²) in [4.78, 5) is 133. The first-order chi connectivity index (χ1) is 32.5. The summed E-state index contributed by atoms with van der Waals surface area (Å²) in [6.45, 7) is 8.86. The number of amides is 5. The van der Waals surface area contributed by atoms with Crippen LogP contribution in [0.2, 0.25) is 0 Å². The van der Waals surface area contributed by atoms with Crippen molar-refractivity contribution in [3.8, 4) is 0 Å². The number of urea groups is 1. The fourth-order valence-electron chi connectivity index (χ4n) is 9.21. The molecule has 4 N–H and O–H groups in total. The summed E-state index contributed by atoms with van der Waals surface area (Å²) in [5, 5.41) is 11.5. The molecule has 3 aromatic rings. The summed E-state index contributed by atoms with van der Waals surface area (Å²) in [5.74, 6) is -7.22. The van der Waals surface area contributed by atoms with E-state index >= 15 is 0 Å². The zero-order chi connectivity index (χ0) is 49.4. The van der Waals surface area contributed by atoms with Crippen molar-refractivity contribution < 1.29 is 43.2 Å². The Bertz CT molecular complexity index is 2240. The van der Waals surface area contributed by atoms with Crippen LogP contribution in [0.4, 0.5) is 10.5 Å². The Labute approximate surface area is 399 Å². The van der Waals surface area contributed by atoms with Crippen LogP contribution in [-0.2, 0) is 33.6 Å². The van der Waals surface area contributed by atoms with Crippen LogP contribution in [0.1, 0.15) is 134 Å². The molecule has 1 aliphatic carbocycles. The largest absolute Gasteiger partial charge is 0.351 e. The van der Waals surface area contributed by atoms with Gasteiger partial charge < -0.3 is 26.2 Å². The number of carbonyl (C=O) groups excluding carboxylic acids is 9. The van der Waals surface area contributed by atoms with Crippen molar-refractivity contribution in [2.24, 2.45) is 29.1 Å². The van der Waals surface area contributed by atoms with E-state index < -0.39 is 88.8 Å². The zero-order valence-corrected chi connectivity index (χ0v) is 40.0. The van der Waals surface area contributed by atoms with Gasteiger partial charge in [-0.15, -0.1) is 0 Å². The molecule has 68 heavy (non-hydrogen) atoms. The van der Waals surface area contributed by atoms with Crippen LogP contribution in [0, 0.1) is 29.1 Å². The average molecular weight is 934 g/mol. The lowest BCUT2D eigenvalue weighted by atomic mass is 9.74. The van der Waals surface area contributed by atoms with Crippen molar-refractivity contribution in [1.29, 1.82) is 0 Å². The number of para-hydroxylation sites is 1. The summed E-state index contributed by atoms with van der Waals surface area (Å²) in [6.07, 6.45) is 7.98. The third-order valence-electron chi connectivity index (χ3n) is 13.1. The van der Waals surface area contributed by atoms with Crippen LogP contribution >= 0.6 is 0 Å². The smallest absolute Gasteiger partial charge is 0.321 e. The molecule has 2 fully saturated rings. The van der Waals surface area contributed by atoms with E-state index in [1.165, 1.54) is 23.5 Å². The van der Waals surface area contributed by atoms with Gasteiger partial charge in [0.25, 0.3) is 5.91 Å². The molecule has 364 valence electrons. The van der Waals surface area contributed by atoms with Gasteiger partial charge in [0.1, 0.15) is 17.5 Å². The van der Waals surface area contributed by atoms with Crippen molar-refractivity contribution in [2.75, 3.05) is 18.4 Å². The second-order valence-electron chi connectivity index (χ2n) is 19.1. The molecule has 1 aliphatic heterocycles. The van der Waals surface area contributed by atoms with Gasteiger partial charge in [-0.25, -0.2) is 9.78 Å². The van der Waals surface area contributed by atoms with Gasteiger partial charge in [-0.2, -0.15) is 0 Å². The molecule has 5 amide bonds. The number of ketones is 5. The highest BCUT2D eigenvalue weighted by molar-refractivity contribution is 6.38. The number of Topliss-reactive ketones (excluding diaryl/α,β-unsaturated/α-hetero) is 5. The number of rotatable bonds is 23. The Morgan fingerprint density at radius 1 is 0.779 bits per heavy atom. The minimum absolute atomic E-state index is 0.0601. The summed E-state index contributed by atoms with van der Waals surface area (Å²) in [7, 11) is 0. The topological polar surface area (TPSA) is 231 Å². The maximum Gasteiger partial charge on any atom is 0.321 e. The Kier molecular flexibility index (Phi) is 19.4. The van der Waals surface area contributed by atoms with E-state index in [-0.39, 0.29) is 68.4 Å². The van der Waals surface area contributed by atoms with Crippen LogP contribution in [-0.4, -0.2) is 92.7 Å². The third kappa shape index (κ3) is 14.8. The molecule has 1 aromatic heterocycles. The first-order valence-corrected chi connectivity index (χ1v) is 24.0. The zero-order valence-electron chi connectivity index (χ0n) is 40.0. The standard InChI is InChI=1S/C52H67N7O9/c1-6-17-35(48(65)42(61)24-25-45(64)57-46(41(60)7-2)33-18-11-8-12-19-33)28-43(62)37-31-59(51(68)55-36-22-15-10-16-23-36)32-40(37)56-49(66)38(52(3,4)5)29-44(63)47(34-20-13-9-14-21-34)58-50(67)39-30-53-26-27-54-39/h8,10-12,15-16,18-19,22-23,26-27,30,34-35,37-38,40,46-47H,6-7,9,13-14,17,20-21,24-25,28-29,31-32H2,1-5H3,(H,55,68)(H,56,66)(H,57,64)(H,58,67)/t35-,37-,38-,40+,46+,47+/m1/s1. The number of aromatic nitrogens is 2. The molecular weight excluding hydrogens is 867 g/mol. The average Bonchev–Trinajstić information content (AvgIpc) is 3.77. The van der Waals surface area contributed by atoms with Crippen molar-refractivity contribution in [3.05, 3.63) is 90.5 Å². The number of carbonyl (C=O) groups is 9. The van der Waals surface area contributed by atoms with Gasteiger partial charge in [-0.1, -0.05) is 109 Å². The summed E-state index contributed by atoms with van der Waals surface area (Å²) < 4.78 is 0. The SMILES string of the molecule is CCC[C@H](CC(=O)[C@@H]1CN(C(=O)Nc2ccccc2)C[C@@H]1NC(=O)[C@@H](CC(=O)[C@@H](NC(=O)c1cnccn1)C1CCCCC1)C(C)(C)C)C(=O)C(=O)CCC(=O)N[C@H](C(=O)CC)c1ccccc1. The predicted octanol–water partition coefficient (Wildman–Crippen LogP) is 6.56. The van der Waals surface area contributed by atoms with Gasteiger partial charge in [0.15, 0.2) is 17.3 Å². The second-order valence-corrected chi connectivity index (χ2v) is 19.1. The lowest BCUT2D eigenvalue weighted by Gasteiger charge is -2.34. The Balaban J connectivity index is 1.32. The fraction of sp³-hybridized carbons (Fsp3) is 0.519. The maximum absolute atomic E-state index is 14.6. The summed E-state index contributed by atoms with van der Waals surface area (Å²) in [5.41, 5.74) is 0.419. The molecule has 16 nitrogen and oxygen atoms in total. The molecule has 16 heteroatoms. The second kappa shape index (κ2) is 25.1. The van der Waals surface area contributed by atoms with E-state index in [0.717, 1.165) is 32.1 Å². The highest BCUT2D eigenvalue weighted by Gasteiger charge is 2.45. The number of likely N-dealkylation sites (tertiary alicyclic amines) is 1. The molecule has 1 saturated heterocycles. The Hall–Kier alpha value is -6.45. The van der Waals surface area contributed by atoms with Crippen LogP contribution in [0.5, 0.6) is 0 Å². The van der Waals surface area contributed by atoms with Crippen LogP contribution in [0.25, 0.3) is 0 Å². The molecule has 6 atom stereocenters. The summed E-state index contributed by atoms with van der Waals surface area (Å²) >= 11 is 0. The van der Waals surface area contributed by atoms with E-state index in [2.05, 4.69) is 31.2 Å². The minimum atomic E-state index is -1.01. The molecule has 1 saturated carbocycles. The molecule has 0 radical (unpaired) electrons. The van der Waals surface area contributed by atoms with Crippen LogP contribution in [0.3, 0.4) is 0 Å². The van der Waals surface area contributed by atoms with Gasteiger partial charge in [-0.05, 0) is 48.3 Å². The lowest BCUT2D eigenvalue weighted by Crippen LogP contribution is -2.51. The van der Waals surface area contributed by atoms with E-state index in [9.17, 15) is 43.2 Å². The number of nitrogens with one attached hydrogen (secondary N) is 4. The van der Waals surface area contributed by atoms with Crippen molar-refractivity contribution in [2.45, 2.75) is 130 Å². The van der Waals surface area contributed by atoms with Crippen LogP contribution < -0.4 is 21.3 Å². The number of nitrogens with zero attached hydrogens (tertiary/aromatic N) is 3. The fourth-order valence-corrected chi connectivity index (χ4v) is 9.21. The molecular formula is C52H67N7O9.